The number of thiophene rings is 2. The van der Waals surface area contributed by atoms with Crippen molar-refractivity contribution in [1.82, 2.24) is 19.9 Å². The highest BCUT2D eigenvalue weighted by Crippen LogP contribution is 2.46. The molecule has 0 unspecified atom stereocenters. The standard InChI is InChI=1S/C18H6F2N4S2/c19-7-5-25-17-9(7)13-15(23-3-1-21-13)11-12(17)16-14(22-2-4-24-16)10-8(20)6-26-18(10)11/h1-6H. The maximum absolute atomic E-state index is 14.6. The van der Waals surface area contributed by atoms with Crippen molar-refractivity contribution in [2.24, 2.45) is 0 Å². The van der Waals surface area contributed by atoms with Gasteiger partial charge in [-0.15, -0.1) is 22.7 Å². The topological polar surface area (TPSA) is 51.6 Å². The Balaban J connectivity index is 2.14. The average Bonchev–Trinajstić information content (AvgIpc) is 3.25. The molecule has 2 aromatic carbocycles. The van der Waals surface area contributed by atoms with Gasteiger partial charge in [0.25, 0.3) is 0 Å². The summed E-state index contributed by atoms with van der Waals surface area (Å²) in [5, 5.41) is 5.26. The molecule has 0 bridgehead atoms. The molecule has 0 saturated carbocycles. The minimum Gasteiger partial charge on any atom is -0.252 e. The molecule has 0 radical (unpaired) electrons. The summed E-state index contributed by atoms with van der Waals surface area (Å²) in [7, 11) is 0. The van der Waals surface area contributed by atoms with Crippen LogP contribution in [0, 0.1) is 11.6 Å². The van der Waals surface area contributed by atoms with Gasteiger partial charge in [0.05, 0.1) is 21.8 Å². The summed E-state index contributed by atoms with van der Waals surface area (Å²) in [5.41, 5.74) is 2.05. The summed E-state index contributed by atoms with van der Waals surface area (Å²) in [4.78, 5) is 17.6. The Labute approximate surface area is 151 Å². The van der Waals surface area contributed by atoms with E-state index in [9.17, 15) is 8.78 Å². The van der Waals surface area contributed by atoms with Gasteiger partial charge in [0.15, 0.2) is 0 Å². The summed E-state index contributed by atoms with van der Waals surface area (Å²) < 4.78 is 30.6. The van der Waals surface area contributed by atoms with Crippen molar-refractivity contribution in [2.45, 2.75) is 0 Å². The number of fused-ring (bicyclic) bond motifs is 11. The van der Waals surface area contributed by atoms with E-state index in [0.29, 0.717) is 32.8 Å². The fourth-order valence-electron chi connectivity index (χ4n) is 3.57. The fourth-order valence-corrected chi connectivity index (χ4v) is 5.51. The van der Waals surface area contributed by atoms with Gasteiger partial charge in [-0.25, -0.2) is 8.78 Å². The molecule has 0 aliphatic carbocycles. The van der Waals surface area contributed by atoms with Gasteiger partial charge in [0, 0.05) is 55.7 Å². The van der Waals surface area contributed by atoms with Gasteiger partial charge in [-0.3, -0.25) is 19.9 Å². The normalized spacial score (nSPS) is 12.2. The third kappa shape index (κ3) is 1.61. The van der Waals surface area contributed by atoms with E-state index in [-0.39, 0.29) is 11.6 Å². The van der Waals surface area contributed by atoms with Crippen LogP contribution in [0.1, 0.15) is 0 Å². The number of aromatic nitrogens is 4. The van der Waals surface area contributed by atoms with E-state index in [1.165, 1.54) is 45.8 Å². The Kier molecular flexibility index (Phi) is 2.68. The van der Waals surface area contributed by atoms with Crippen LogP contribution < -0.4 is 0 Å². The van der Waals surface area contributed by atoms with E-state index >= 15 is 0 Å². The van der Waals surface area contributed by atoms with E-state index in [2.05, 4.69) is 19.9 Å². The predicted molar refractivity (Wildman–Crippen MR) is 101 cm³/mol. The molecule has 4 nitrogen and oxygen atoms in total. The Morgan fingerprint density at radius 3 is 1.27 bits per heavy atom. The molecule has 26 heavy (non-hydrogen) atoms. The van der Waals surface area contributed by atoms with Crippen molar-refractivity contribution in [3.63, 3.8) is 0 Å². The van der Waals surface area contributed by atoms with Crippen LogP contribution in [0.4, 0.5) is 8.78 Å². The minimum atomic E-state index is -0.341. The maximum atomic E-state index is 14.6. The van der Waals surface area contributed by atoms with Crippen molar-refractivity contribution >= 4 is 75.7 Å². The quantitative estimate of drug-likeness (QED) is 0.330. The van der Waals surface area contributed by atoms with Gasteiger partial charge in [0.1, 0.15) is 22.7 Å². The van der Waals surface area contributed by atoms with Crippen molar-refractivity contribution in [1.29, 1.82) is 0 Å². The molecular formula is C18H6F2N4S2. The van der Waals surface area contributed by atoms with Gasteiger partial charge in [0.2, 0.25) is 0 Å². The number of halogens is 2. The Bertz CT molecular complexity index is 1400. The lowest BCUT2D eigenvalue weighted by Gasteiger charge is -2.09. The molecule has 0 atom stereocenters. The van der Waals surface area contributed by atoms with Crippen LogP contribution in [0.5, 0.6) is 0 Å². The number of nitrogens with zero attached hydrogens (tertiary/aromatic N) is 4. The zero-order valence-corrected chi connectivity index (χ0v) is 14.5. The molecule has 124 valence electrons. The maximum Gasteiger partial charge on any atom is 0.144 e. The van der Waals surface area contributed by atoms with Crippen LogP contribution in [0.25, 0.3) is 53.0 Å². The first kappa shape index (κ1) is 14.3. The SMILES string of the molecule is Fc1csc2c1c1nccnc1c1c3scc(F)c3c3nccnc3c21. The van der Waals surface area contributed by atoms with Crippen LogP contribution >= 0.6 is 22.7 Å². The second kappa shape index (κ2) is 4.87. The van der Waals surface area contributed by atoms with Crippen LogP contribution in [0.3, 0.4) is 0 Å². The molecule has 0 amide bonds. The molecule has 8 heteroatoms. The summed E-state index contributed by atoms with van der Waals surface area (Å²) >= 11 is 2.58. The fraction of sp³-hybridized carbons (Fsp3) is 0. The largest absolute Gasteiger partial charge is 0.252 e. The van der Waals surface area contributed by atoms with E-state index in [1.54, 1.807) is 12.4 Å². The zero-order valence-electron chi connectivity index (χ0n) is 12.8. The van der Waals surface area contributed by atoms with E-state index in [4.69, 9.17) is 0 Å². The lowest BCUT2D eigenvalue weighted by molar-refractivity contribution is 0.644. The second-order valence-corrected chi connectivity index (χ2v) is 7.59. The van der Waals surface area contributed by atoms with Crippen molar-refractivity contribution in [3.05, 3.63) is 47.2 Å². The van der Waals surface area contributed by atoms with Gasteiger partial charge < -0.3 is 0 Å². The molecule has 4 aromatic heterocycles. The molecule has 4 heterocycles. The number of hydrogen-bond acceptors (Lipinski definition) is 6. The number of benzene rings is 2. The molecule has 0 aliphatic heterocycles. The lowest BCUT2D eigenvalue weighted by Crippen LogP contribution is -1.92. The molecule has 0 N–H and O–H groups in total. The molecule has 6 rings (SSSR count). The third-order valence-corrected chi connectivity index (χ3v) is 6.48. The predicted octanol–water partition coefficient (Wildman–Crippen LogP) is 5.43. The smallest absolute Gasteiger partial charge is 0.144 e. The summed E-state index contributed by atoms with van der Waals surface area (Å²) in [6.07, 6.45) is 6.21. The Morgan fingerprint density at radius 2 is 0.885 bits per heavy atom. The van der Waals surface area contributed by atoms with Crippen LogP contribution in [-0.2, 0) is 0 Å². The van der Waals surface area contributed by atoms with E-state index in [0.717, 1.165) is 20.2 Å². The summed E-state index contributed by atoms with van der Waals surface area (Å²) in [5.74, 6) is -0.682. The zero-order chi connectivity index (χ0) is 17.4. The van der Waals surface area contributed by atoms with Gasteiger partial charge in [-0.1, -0.05) is 0 Å². The summed E-state index contributed by atoms with van der Waals surface area (Å²) in [6.45, 7) is 0. The molecule has 6 aromatic rings. The Morgan fingerprint density at radius 1 is 0.538 bits per heavy atom. The molecule has 0 saturated heterocycles. The monoisotopic (exact) mass is 380 g/mol. The third-order valence-electron chi connectivity index (χ3n) is 4.54. The first-order valence-corrected chi connectivity index (χ1v) is 9.44. The second-order valence-electron chi connectivity index (χ2n) is 5.83. The average molecular weight is 380 g/mol. The highest BCUT2D eigenvalue weighted by molar-refractivity contribution is 7.20. The van der Waals surface area contributed by atoms with Crippen LogP contribution in [0.15, 0.2) is 35.5 Å². The molecular weight excluding hydrogens is 374 g/mol. The van der Waals surface area contributed by atoms with E-state index < -0.39 is 0 Å². The van der Waals surface area contributed by atoms with E-state index in [1.807, 2.05) is 0 Å². The first-order valence-electron chi connectivity index (χ1n) is 7.68. The highest BCUT2D eigenvalue weighted by atomic mass is 32.1. The molecule has 0 spiro atoms. The molecule has 0 aliphatic rings. The van der Waals surface area contributed by atoms with Crippen molar-refractivity contribution in [3.8, 4) is 0 Å². The number of rotatable bonds is 0. The van der Waals surface area contributed by atoms with Gasteiger partial charge in [-0.05, 0) is 0 Å². The first-order chi connectivity index (χ1) is 12.8. The highest BCUT2D eigenvalue weighted by Gasteiger charge is 2.23. The minimum absolute atomic E-state index is 0.341. The lowest BCUT2D eigenvalue weighted by atomic mass is 10.0. The summed E-state index contributed by atoms with van der Waals surface area (Å²) in [6, 6.07) is 0. The Hall–Kier alpha value is -2.84. The van der Waals surface area contributed by atoms with Crippen LogP contribution in [0.2, 0.25) is 0 Å². The van der Waals surface area contributed by atoms with Crippen molar-refractivity contribution in [2.75, 3.05) is 0 Å². The van der Waals surface area contributed by atoms with Gasteiger partial charge in [-0.2, -0.15) is 0 Å². The number of hydrogen-bond donors (Lipinski definition) is 0. The van der Waals surface area contributed by atoms with Crippen molar-refractivity contribution < 1.29 is 8.78 Å². The van der Waals surface area contributed by atoms with Crippen LogP contribution in [-0.4, -0.2) is 19.9 Å². The van der Waals surface area contributed by atoms with Gasteiger partial charge >= 0.3 is 0 Å². The molecule has 0 fully saturated rings.